The first-order valence-electron chi connectivity index (χ1n) is 9.57. The van der Waals surface area contributed by atoms with Crippen molar-refractivity contribution in [1.82, 2.24) is 5.32 Å². The van der Waals surface area contributed by atoms with Gasteiger partial charge in [-0.1, -0.05) is 30.2 Å². The van der Waals surface area contributed by atoms with Crippen LogP contribution in [0.25, 0.3) is 0 Å². The number of hydrogen-bond acceptors (Lipinski definition) is 6. The Bertz CT molecular complexity index is 933. The summed E-state index contributed by atoms with van der Waals surface area (Å²) in [5.74, 6) is -0.467. The summed E-state index contributed by atoms with van der Waals surface area (Å²) in [7, 11) is 0. The quantitative estimate of drug-likeness (QED) is 0.501. The first-order valence-corrected chi connectivity index (χ1v) is 9.57. The number of aryl methyl sites for hydroxylation is 1. The summed E-state index contributed by atoms with van der Waals surface area (Å²) < 4.78 is 10.4. The minimum absolute atomic E-state index is 0.0163. The van der Waals surface area contributed by atoms with E-state index >= 15 is 0 Å². The van der Waals surface area contributed by atoms with E-state index in [2.05, 4.69) is 11.2 Å². The van der Waals surface area contributed by atoms with Crippen molar-refractivity contribution in [2.24, 2.45) is 0 Å². The topological polar surface area (TPSA) is 102 Å². The molecule has 1 aliphatic rings. The van der Waals surface area contributed by atoms with Gasteiger partial charge in [-0.3, -0.25) is 4.79 Å². The van der Waals surface area contributed by atoms with E-state index in [9.17, 15) is 14.4 Å². The van der Waals surface area contributed by atoms with E-state index < -0.39 is 23.8 Å². The Morgan fingerprint density at radius 3 is 2.13 bits per heavy atom. The maximum absolute atomic E-state index is 12.8. The molecule has 30 heavy (non-hydrogen) atoms. The van der Waals surface area contributed by atoms with Crippen molar-refractivity contribution in [3.05, 3.63) is 57.9 Å². The summed E-state index contributed by atoms with van der Waals surface area (Å²) >= 11 is 0. The van der Waals surface area contributed by atoms with Gasteiger partial charge in [0.2, 0.25) is 0 Å². The van der Waals surface area contributed by atoms with Gasteiger partial charge in [-0.15, -0.1) is 6.42 Å². The third-order valence-electron chi connectivity index (χ3n) is 4.70. The Labute approximate surface area is 175 Å². The first kappa shape index (κ1) is 22.8. The van der Waals surface area contributed by atoms with Crippen LogP contribution >= 0.6 is 0 Å². The molecule has 0 amide bonds. The first-order chi connectivity index (χ1) is 14.3. The summed E-state index contributed by atoms with van der Waals surface area (Å²) in [5, 5.41) is 11.9. The molecule has 0 aromatic heterocycles. The molecule has 2 rings (SSSR count). The van der Waals surface area contributed by atoms with Gasteiger partial charge in [-0.2, -0.15) is 0 Å². The van der Waals surface area contributed by atoms with E-state index in [1.807, 2.05) is 0 Å². The third kappa shape index (κ3) is 5.29. The lowest BCUT2D eigenvalue weighted by atomic mass is 9.80. The Hall–Kier alpha value is -3.53. The van der Waals surface area contributed by atoms with Gasteiger partial charge in [0, 0.05) is 17.8 Å². The van der Waals surface area contributed by atoms with Crippen molar-refractivity contribution >= 4 is 17.9 Å². The number of carbonyl (C=O) groups is 3. The van der Waals surface area contributed by atoms with Crippen LogP contribution in [0, 0.1) is 12.3 Å². The van der Waals surface area contributed by atoms with Gasteiger partial charge in [0.1, 0.15) is 0 Å². The van der Waals surface area contributed by atoms with Gasteiger partial charge in [-0.25, -0.2) is 9.59 Å². The van der Waals surface area contributed by atoms with E-state index in [0.717, 1.165) is 5.56 Å². The Kier molecular flexibility index (Phi) is 7.82. The molecule has 0 aliphatic carbocycles. The van der Waals surface area contributed by atoms with Gasteiger partial charge in [0.15, 0.2) is 6.61 Å². The second-order valence-electron chi connectivity index (χ2n) is 6.77. The van der Waals surface area contributed by atoms with E-state index in [-0.39, 0.29) is 25.2 Å². The number of hydrogen-bond donors (Lipinski definition) is 2. The fourth-order valence-corrected chi connectivity index (χ4v) is 3.39. The molecule has 1 heterocycles. The minimum Gasteiger partial charge on any atom is -0.481 e. The highest BCUT2D eigenvalue weighted by Crippen LogP contribution is 2.39. The molecule has 1 unspecified atom stereocenters. The SMILES string of the molecule is C#CCOC(=O)C1=C(C)NC(C)=C(C(=O)OCC)C1c1ccc(CCC(=O)O)cc1. The summed E-state index contributed by atoms with van der Waals surface area (Å²) in [4.78, 5) is 36.3. The molecule has 1 aromatic carbocycles. The number of carboxylic acids is 1. The van der Waals surface area contributed by atoms with E-state index in [1.54, 1.807) is 45.0 Å². The summed E-state index contributed by atoms with van der Waals surface area (Å²) in [6, 6.07) is 7.14. The van der Waals surface area contributed by atoms with Gasteiger partial charge >= 0.3 is 17.9 Å². The molecule has 1 aromatic rings. The fraction of sp³-hybridized carbons (Fsp3) is 0.348. The molecule has 2 N–H and O–H groups in total. The number of rotatable bonds is 8. The number of carboxylic acid groups (broad SMARTS) is 1. The minimum atomic E-state index is -0.877. The third-order valence-corrected chi connectivity index (χ3v) is 4.70. The van der Waals surface area contributed by atoms with Crippen LogP contribution in [0.5, 0.6) is 0 Å². The molecule has 0 fully saturated rings. The molecule has 7 heteroatoms. The van der Waals surface area contributed by atoms with Crippen LogP contribution < -0.4 is 5.32 Å². The predicted octanol–water partition coefficient (Wildman–Crippen LogP) is 2.68. The van der Waals surface area contributed by atoms with Crippen LogP contribution in [0.2, 0.25) is 0 Å². The second kappa shape index (κ2) is 10.3. The van der Waals surface area contributed by atoms with Crippen molar-refractivity contribution in [3.8, 4) is 12.3 Å². The summed E-state index contributed by atoms with van der Waals surface area (Å²) in [6.07, 6.45) is 5.60. The van der Waals surface area contributed by atoms with Crippen LogP contribution in [0.3, 0.4) is 0 Å². The van der Waals surface area contributed by atoms with E-state index in [4.69, 9.17) is 21.0 Å². The molecule has 0 saturated heterocycles. The van der Waals surface area contributed by atoms with Crippen LogP contribution in [0.15, 0.2) is 46.8 Å². The van der Waals surface area contributed by atoms with Crippen LogP contribution in [-0.4, -0.2) is 36.2 Å². The molecule has 1 aliphatic heterocycles. The van der Waals surface area contributed by atoms with Crippen molar-refractivity contribution in [2.75, 3.05) is 13.2 Å². The van der Waals surface area contributed by atoms with Crippen molar-refractivity contribution in [3.63, 3.8) is 0 Å². The lowest BCUT2D eigenvalue weighted by molar-refractivity contribution is -0.139. The van der Waals surface area contributed by atoms with Gasteiger partial charge in [0.25, 0.3) is 0 Å². The summed E-state index contributed by atoms with van der Waals surface area (Å²) in [6.45, 7) is 5.18. The highest BCUT2D eigenvalue weighted by atomic mass is 16.5. The summed E-state index contributed by atoms with van der Waals surface area (Å²) in [5.41, 5.74) is 3.25. The van der Waals surface area contributed by atoms with Crippen LogP contribution in [-0.2, 0) is 30.3 Å². The zero-order valence-corrected chi connectivity index (χ0v) is 17.3. The largest absolute Gasteiger partial charge is 0.481 e. The van der Waals surface area contributed by atoms with Crippen molar-refractivity contribution in [2.45, 2.75) is 39.5 Å². The molecule has 158 valence electrons. The number of nitrogens with one attached hydrogen (secondary N) is 1. The Balaban J connectivity index is 2.51. The lowest BCUT2D eigenvalue weighted by Crippen LogP contribution is -2.32. The number of ether oxygens (including phenoxy) is 2. The predicted molar refractivity (Wildman–Crippen MR) is 110 cm³/mol. The molecule has 0 spiro atoms. The number of terminal acetylenes is 1. The number of carbonyl (C=O) groups excluding carboxylic acids is 2. The molecular formula is C23H25NO6. The molecule has 0 bridgehead atoms. The standard InChI is InChI=1S/C23H25NO6/c1-5-13-30-23(28)20-15(4)24-14(3)19(22(27)29-6-2)21(20)17-10-7-16(8-11-17)9-12-18(25)26/h1,7-8,10-11,21,24H,6,9,12-13H2,2-4H3,(H,25,26). The average molecular weight is 411 g/mol. The smallest absolute Gasteiger partial charge is 0.337 e. The molecule has 1 atom stereocenters. The van der Waals surface area contributed by atoms with Crippen LogP contribution in [0.1, 0.15) is 44.2 Å². The second-order valence-corrected chi connectivity index (χ2v) is 6.77. The zero-order valence-electron chi connectivity index (χ0n) is 17.3. The normalized spacial score (nSPS) is 15.9. The van der Waals surface area contributed by atoms with Crippen molar-refractivity contribution in [1.29, 1.82) is 0 Å². The van der Waals surface area contributed by atoms with Gasteiger partial charge < -0.3 is 19.9 Å². The number of aliphatic carboxylic acids is 1. The molecule has 0 radical (unpaired) electrons. The highest BCUT2D eigenvalue weighted by Gasteiger charge is 2.37. The zero-order chi connectivity index (χ0) is 22.3. The highest BCUT2D eigenvalue weighted by molar-refractivity contribution is 5.99. The monoisotopic (exact) mass is 411 g/mol. The van der Waals surface area contributed by atoms with Gasteiger partial charge in [-0.05, 0) is 38.3 Å². The number of dihydropyridines is 1. The van der Waals surface area contributed by atoms with E-state index in [1.165, 1.54) is 0 Å². The molecular weight excluding hydrogens is 386 g/mol. The lowest BCUT2D eigenvalue weighted by Gasteiger charge is -2.30. The van der Waals surface area contributed by atoms with Crippen LogP contribution in [0.4, 0.5) is 0 Å². The Morgan fingerprint density at radius 2 is 1.63 bits per heavy atom. The maximum atomic E-state index is 12.8. The molecule has 7 nitrogen and oxygen atoms in total. The number of esters is 2. The van der Waals surface area contributed by atoms with E-state index in [0.29, 0.717) is 29.0 Å². The number of benzene rings is 1. The Morgan fingerprint density at radius 1 is 1.07 bits per heavy atom. The average Bonchev–Trinajstić information content (AvgIpc) is 2.70. The fourth-order valence-electron chi connectivity index (χ4n) is 3.39. The molecule has 0 saturated carbocycles. The number of allylic oxidation sites excluding steroid dienone is 2. The maximum Gasteiger partial charge on any atom is 0.337 e. The van der Waals surface area contributed by atoms with Crippen molar-refractivity contribution < 1.29 is 29.0 Å². The van der Waals surface area contributed by atoms with Gasteiger partial charge in [0.05, 0.1) is 23.7 Å².